The molecule has 0 aromatic carbocycles. The van der Waals surface area contributed by atoms with Crippen molar-refractivity contribution < 1.29 is 0 Å². The number of hydrogen-bond donors (Lipinski definition) is 1. The van der Waals surface area contributed by atoms with E-state index in [-0.39, 0.29) is 0 Å². The van der Waals surface area contributed by atoms with Crippen LogP contribution >= 0.6 is 0 Å². The SMILES string of the molecule is Cn1nc(C2CCC(C(C)(C)C)CC2)nc1N. The molecule has 0 spiro atoms. The lowest BCUT2D eigenvalue weighted by atomic mass is 9.70. The second-order valence-corrected chi connectivity index (χ2v) is 6.37. The molecule has 1 aliphatic rings. The zero-order valence-electron chi connectivity index (χ0n) is 11.4. The molecule has 0 atom stereocenters. The van der Waals surface area contributed by atoms with E-state index < -0.39 is 0 Å². The average Bonchev–Trinajstić information content (AvgIpc) is 2.58. The van der Waals surface area contributed by atoms with Gasteiger partial charge >= 0.3 is 0 Å². The van der Waals surface area contributed by atoms with Gasteiger partial charge in [0.25, 0.3) is 0 Å². The minimum atomic E-state index is 0.432. The van der Waals surface area contributed by atoms with Crippen LogP contribution in [0, 0.1) is 11.3 Å². The van der Waals surface area contributed by atoms with Gasteiger partial charge in [0.1, 0.15) is 0 Å². The van der Waals surface area contributed by atoms with Crippen molar-refractivity contribution in [2.45, 2.75) is 52.4 Å². The third-order valence-electron chi connectivity index (χ3n) is 4.13. The third-order valence-corrected chi connectivity index (χ3v) is 4.13. The first-order valence-electron chi connectivity index (χ1n) is 6.54. The maximum Gasteiger partial charge on any atom is 0.218 e. The van der Waals surface area contributed by atoms with Crippen LogP contribution in [0.1, 0.15) is 58.2 Å². The zero-order valence-corrected chi connectivity index (χ0v) is 11.4. The molecule has 0 saturated heterocycles. The molecule has 0 bridgehead atoms. The van der Waals surface area contributed by atoms with E-state index in [1.54, 1.807) is 4.68 Å². The highest BCUT2D eigenvalue weighted by atomic mass is 15.4. The van der Waals surface area contributed by atoms with E-state index >= 15 is 0 Å². The number of hydrogen-bond acceptors (Lipinski definition) is 3. The number of nitrogen functional groups attached to an aromatic ring is 1. The Morgan fingerprint density at radius 1 is 1.18 bits per heavy atom. The molecule has 2 N–H and O–H groups in total. The summed E-state index contributed by atoms with van der Waals surface area (Å²) in [6, 6.07) is 0. The van der Waals surface area contributed by atoms with Crippen molar-refractivity contribution >= 4 is 5.95 Å². The Morgan fingerprint density at radius 3 is 2.18 bits per heavy atom. The standard InChI is InChI=1S/C13H24N4/c1-13(2,3)10-7-5-9(6-8-10)11-15-12(14)17(4)16-11/h9-10H,5-8H2,1-4H3,(H2,14,15,16). The summed E-state index contributed by atoms with van der Waals surface area (Å²) in [4.78, 5) is 4.35. The largest absolute Gasteiger partial charge is 0.368 e. The van der Waals surface area contributed by atoms with Gasteiger partial charge in [-0.15, -0.1) is 0 Å². The van der Waals surface area contributed by atoms with Gasteiger partial charge in [0, 0.05) is 13.0 Å². The van der Waals surface area contributed by atoms with Crippen LogP contribution in [-0.2, 0) is 7.05 Å². The number of anilines is 1. The van der Waals surface area contributed by atoms with Crippen LogP contribution in [0.2, 0.25) is 0 Å². The molecule has 96 valence electrons. The topological polar surface area (TPSA) is 56.7 Å². The van der Waals surface area contributed by atoms with Gasteiger partial charge in [0.2, 0.25) is 5.95 Å². The normalized spacial score (nSPS) is 26.1. The lowest BCUT2D eigenvalue weighted by molar-refractivity contribution is 0.167. The number of rotatable bonds is 1. The molecular formula is C13H24N4. The van der Waals surface area contributed by atoms with Crippen LogP contribution in [0.4, 0.5) is 5.95 Å². The Morgan fingerprint density at radius 2 is 1.76 bits per heavy atom. The lowest BCUT2D eigenvalue weighted by Crippen LogP contribution is -2.25. The lowest BCUT2D eigenvalue weighted by Gasteiger charge is -2.36. The Labute approximate surface area is 104 Å². The van der Waals surface area contributed by atoms with E-state index in [2.05, 4.69) is 30.9 Å². The van der Waals surface area contributed by atoms with Gasteiger partial charge < -0.3 is 5.73 Å². The van der Waals surface area contributed by atoms with Gasteiger partial charge in [-0.25, -0.2) is 4.68 Å². The maximum absolute atomic E-state index is 5.73. The number of aromatic nitrogens is 3. The smallest absolute Gasteiger partial charge is 0.218 e. The fraction of sp³-hybridized carbons (Fsp3) is 0.846. The highest BCUT2D eigenvalue weighted by molar-refractivity contribution is 5.17. The minimum absolute atomic E-state index is 0.432. The number of aryl methyl sites for hydroxylation is 1. The summed E-state index contributed by atoms with van der Waals surface area (Å²) in [6.07, 6.45) is 4.97. The van der Waals surface area contributed by atoms with Crippen molar-refractivity contribution in [3.05, 3.63) is 5.82 Å². The highest BCUT2D eigenvalue weighted by Crippen LogP contribution is 2.42. The van der Waals surface area contributed by atoms with Gasteiger partial charge in [0.15, 0.2) is 5.82 Å². The molecule has 1 heterocycles. The Hall–Kier alpha value is -1.06. The van der Waals surface area contributed by atoms with Gasteiger partial charge in [-0.1, -0.05) is 20.8 Å². The van der Waals surface area contributed by atoms with Gasteiger partial charge in [0.05, 0.1) is 0 Å². The summed E-state index contributed by atoms with van der Waals surface area (Å²) in [5.41, 5.74) is 6.17. The Balaban J connectivity index is 2.00. The Bertz CT molecular complexity index is 361. The summed E-state index contributed by atoms with van der Waals surface area (Å²) >= 11 is 0. The van der Waals surface area contributed by atoms with Crippen molar-refractivity contribution in [3.8, 4) is 0 Å². The fourth-order valence-corrected chi connectivity index (χ4v) is 2.81. The second-order valence-electron chi connectivity index (χ2n) is 6.37. The molecule has 1 aromatic rings. The van der Waals surface area contributed by atoms with Crippen LogP contribution in [0.15, 0.2) is 0 Å². The predicted octanol–water partition coefficient (Wildman–Crippen LogP) is 2.72. The van der Waals surface area contributed by atoms with E-state index in [4.69, 9.17) is 5.73 Å². The molecule has 2 rings (SSSR count). The first-order chi connectivity index (χ1) is 7.88. The molecule has 0 amide bonds. The van der Waals surface area contributed by atoms with Crippen molar-refractivity contribution in [1.82, 2.24) is 14.8 Å². The quantitative estimate of drug-likeness (QED) is 0.815. The fourth-order valence-electron chi connectivity index (χ4n) is 2.81. The van der Waals surface area contributed by atoms with Crippen molar-refractivity contribution in [2.24, 2.45) is 18.4 Å². The van der Waals surface area contributed by atoms with Crippen LogP contribution in [0.5, 0.6) is 0 Å². The van der Waals surface area contributed by atoms with E-state index in [0.29, 0.717) is 17.3 Å². The van der Waals surface area contributed by atoms with Gasteiger partial charge in [-0.05, 0) is 37.0 Å². The van der Waals surface area contributed by atoms with Crippen LogP contribution in [-0.4, -0.2) is 14.8 Å². The Kier molecular flexibility index (Phi) is 3.15. The molecule has 0 aliphatic heterocycles. The molecule has 0 unspecified atom stereocenters. The molecule has 4 nitrogen and oxygen atoms in total. The minimum Gasteiger partial charge on any atom is -0.368 e. The van der Waals surface area contributed by atoms with E-state index in [9.17, 15) is 0 Å². The van der Waals surface area contributed by atoms with E-state index in [0.717, 1.165) is 11.7 Å². The summed E-state index contributed by atoms with van der Waals surface area (Å²) < 4.78 is 1.67. The van der Waals surface area contributed by atoms with Gasteiger partial charge in [-0.2, -0.15) is 10.1 Å². The number of nitrogens with zero attached hydrogens (tertiary/aromatic N) is 3. The van der Waals surface area contributed by atoms with Crippen LogP contribution < -0.4 is 5.73 Å². The molecule has 1 saturated carbocycles. The molecular weight excluding hydrogens is 212 g/mol. The molecule has 1 aliphatic carbocycles. The van der Waals surface area contributed by atoms with E-state index in [1.165, 1.54) is 25.7 Å². The summed E-state index contributed by atoms with van der Waals surface area (Å²) in [5, 5.41) is 4.40. The predicted molar refractivity (Wildman–Crippen MR) is 69.6 cm³/mol. The van der Waals surface area contributed by atoms with Crippen LogP contribution in [0.3, 0.4) is 0 Å². The molecule has 1 aromatic heterocycles. The van der Waals surface area contributed by atoms with Crippen molar-refractivity contribution in [2.75, 3.05) is 5.73 Å². The van der Waals surface area contributed by atoms with E-state index in [1.807, 2.05) is 7.05 Å². The van der Waals surface area contributed by atoms with Crippen molar-refractivity contribution in [1.29, 1.82) is 0 Å². The number of nitrogens with two attached hydrogens (primary N) is 1. The highest BCUT2D eigenvalue weighted by Gasteiger charge is 2.31. The molecule has 1 fully saturated rings. The van der Waals surface area contributed by atoms with Crippen molar-refractivity contribution in [3.63, 3.8) is 0 Å². The first kappa shape index (κ1) is 12.4. The maximum atomic E-state index is 5.73. The molecule has 4 heteroatoms. The summed E-state index contributed by atoms with van der Waals surface area (Å²) in [6.45, 7) is 7.03. The van der Waals surface area contributed by atoms with Crippen LogP contribution in [0.25, 0.3) is 0 Å². The summed E-state index contributed by atoms with van der Waals surface area (Å²) in [5.74, 6) is 2.81. The molecule has 17 heavy (non-hydrogen) atoms. The third kappa shape index (κ3) is 2.61. The monoisotopic (exact) mass is 236 g/mol. The molecule has 0 radical (unpaired) electrons. The van der Waals surface area contributed by atoms with Gasteiger partial charge in [-0.3, -0.25) is 0 Å². The first-order valence-corrected chi connectivity index (χ1v) is 6.54. The summed E-state index contributed by atoms with van der Waals surface area (Å²) in [7, 11) is 1.85. The second kappa shape index (κ2) is 4.31. The average molecular weight is 236 g/mol. The zero-order chi connectivity index (χ0) is 12.6.